The average molecular weight is 431 g/mol. The molecule has 1 aromatic carbocycles. The average Bonchev–Trinajstić information content (AvgIpc) is 3.13. The molecular formula is C23H34N4O4. The molecule has 0 aliphatic carbocycles. The van der Waals surface area contributed by atoms with E-state index in [2.05, 4.69) is 23.4 Å². The topological polar surface area (TPSA) is 105 Å². The zero-order valence-corrected chi connectivity index (χ0v) is 18.6. The highest BCUT2D eigenvalue weighted by molar-refractivity contribution is 6.06. The van der Waals surface area contributed by atoms with E-state index in [9.17, 15) is 0 Å². The second-order valence-electron chi connectivity index (χ2n) is 7.45. The van der Waals surface area contributed by atoms with Crippen molar-refractivity contribution in [3.63, 3.8) is 0 Å². The number of hydrogen-bond acceptors (Lipinski definition) is 7. The molecule has 0 amide bonds. The van der Waals surface area contributed by atoms with Crippen molar-refractivity contribution < 1.29 is 19.3 Å². The lowest BCUT2D eigenvalue weighted by atomic mass is 10.1. The Morgan fingerprint density at radius 2 is 1.77 bits per heavy atom. The first-order chi connectivity index (χ1) is 15.2. The minimum atomic E-state index is 0.0230. The lowest BCUT2D eigenvalue weighted by Gasteiger charge is -2.11. The summed E-state index contributed by atoms with van der Waals surface area (Å²) >= 11 is 0. The molecule has 0 atom stereocenters. The van der Waals surface area contributed by atoms with Gasteiger partial charge in [0, 0.05) is 24.4 Å². The van der Waals surface area contributed by atoms with Crippen LogP contribution in [0.15, 0.2) is 18.2 Å². The molecule has 0 radical (unpaired) electrons. The van der Waals surface area contributed by atoms with E-state index in [1.54, 1.807) is 0 Å². The Morgan fingerprint density at radius 3 is 2.52 bits per heavy atom. The first-order valence-corrected chi connectivity index (χ1v) is 11.2. The van der Waals surface area contributed by atoms with Crippen LogP contribution >= 0.6 is 0 Å². The van der Waals surface area contributed by atoms with Crippen molar-refractivity contribution in [3.8, 4) is 5.75 Å². The monoisotopic (exact) mass is 430 g/mol. The number of hydrogen-bond donors (Lipinski definition) is 2. The molecule has 0 saturated heterocycles. The Morgan fingerprint density at radius 1 is 1.00 bits per heavy atom. The van der Waals surface area contributed by atoms with Gasteiger partial charge in [-0.3, -0.25) is 0 Å². The molecule has 3 aromatic rings. The molecule has 0 fully saturated rings. The van der Waals surface area contributed by atoms with E-state index in [-0.39, 0.29) is 6.61 Å². The highest BCUT2D eigenvalue weighted by atomic mass is 16.5. The number of aliphatic hydroxyl groups is 1. The second kappa shape index (κ2) is 11.8. The molecular weight excluding hydrogens is 396 g/mol. The Kier molecular flexibility index (Phi) is 8.87. The van der Waals surface area contributed by atoms with E-state index in [1.165, 1.54) is 0 Å². The van der Waals surface area contributed by atoms with Gasteiger partial charge in [0.15, 0.2) is 5.82 Å². The van der Waals surface area contributed by atoms with Crippen LogP contribution in [0.25, 0.3) is 21.9 Å². The number of benzene rings is 1. The molecule has 8 heteroatoms. The van der Waals surface area contributed by atoms with Crippen molar-refractivity contribution in [2.75, 3.05) is 45.4 Å². The van der Waals surface area contributed by atoms with E-state index in [0.29, 0.717) is 38.9 Å². The van der Waals surface area contributed by atoms with Crippen molar-refractivity contribution in [1.82, 2.24) is 14.5 Å². The fourth-order valence-electron chi connectivity index (χ4n) is 3.62. The van der Waals surface area contributed by atoms with Crippen LogP contribution in [0, 0.1) is 0 Å². The summed E-state index contributed by atoms with van der Waals surface area (Å²) in [5, 5.41) is 9.70. The van der Waals surface area contributed by atoms with Gasteiger partial charge in [0.25, 0.3) is 0 Å². The molecule has 3 N–H and O–H groups in total. The third-order valence-electron chi connectivity index (χ3n) is 5.06. The number of nitrogens with two attached hydrogens (primary N) is 1. The number of nitrogens with zero attached hydrogens (tertiary/aromatic N) is 3. The maximum Gasteiger partial charge on any atom is 0.152 e. The summed E-state index contributed by atoms with van der Waals surface area (Å²) in [6.45, 7) is 7.45. The molecule has 0 bridgehead atoms. The van der Waals surface area contributed by atoms with E-state index >= 15 is 0 Å². The first-order valence-electron chi connectivity index (χ1n) is 11.2. The van der Waals surface area contributed by atoms with Crippen LogP contribution in [0.4, 0.5) is 5.82 Å². The van der Waals surface area contributed by atoms with Crippen LogP contribution in [-0.2, 0) is 22.4 Å². The van der Waals surface area contributed by atoms with Crippen LogP contribution in [0.2, 0.25) is 0 Å². The molecule has 3 rings (SSSR count). The summed E-state index contributed by atoms with van der Waals surface area (Å²) in [4.78, 5) is 9.44. The normalized spacial score (nSPS) is 11.6. The van der Waals surface area contributed by atoms with Gasteiger partial charge < -0.3 is 29.6 Å². The fraction of sp³-hybridized carbons (Fsp3) is 0.565. The number of anilines is 1. The third-order valence-corrected chi connectivity index (χ3v) is 5.06. The van der Waals surface area contributed by atoms with Gasteiger partial charge in [0.05, 0.1) is 44.1 Å². The molecule has 0 saturated carbocycles. The van der Waals surface area contributed by atoms with E-state index in [4.69, 9.17) is 30.0 Å². The largest absolute Gasteiger partial charge is 0.491 e. The second-order valence-corrected chi connectivity index (χ2v) is 7.45. The fourth-order valence-corrected chi connectivity index (χ4v) is 3.62. The third kappa shape index (κ3) is 5.84. The van der Waals surface area contributed by atoms with Gasteiger partial charge in [0.2, 0.25) is 0 Å². The lowest BCUT2D eigenvalue weighted by Crippen LogP contribution is -2.12. The highest BCUT2D eigenvalue weighted by Crippen LogP contribution is 2.31. The number of imidazole rings is 1. The quantitative estimate of drug-likeness (QED) is 0.378. The standard InChI is InChI=1S/C23H34N4O4/c1-3-5-6-20-26-21-22(27(20)9-4-2)18-8-7-17(16-19(18)25-23(21)24)31-15-14-30-13-12-29-11-10-28/h7-8,16,28H,3-6,9-15H2,1-2H3,(H2,24,25). The number of aryl methyl sites for hydroxylation is 2. The summed E-state index contributed by atoms with van der Waals surface area (Å²) < 4.78 is 18.7. The number of pyridine rings is 1. The summed E-state index contributed by atoms with van der Waals surface area (Å²) in [5.41, 5.74) is 8.95. The van der Waals surface area contributed by atoms with Gasteiger partial charge in [0.1, 0.15) is 23.7 Å². The van der Waals surface area contributed by atoms with Crippen molar-refractivity contribution in [1.29, 1.82) is 0 Å². The smallest absolute Gasteiger partial charge is 0.152 e. The van der Waals surface area contributed by atoms with Crippen LogP contribution in [0.1, 0.15) is 38.9 Å². The maximum atomic E-state index is 8.66. The van der Waals surface area contributed by atoms with Gasteiger partial charge in [-0.1, -0.05) is 20.3 Å². The minimum Gasteiger partial charge on any atom is -0.491 e. The van der Waals surface area contributed by atoms with Gasteiger partial charge in [-0.15, -0.1) is 0 Å². The molecule has 170 valence electrons. The zero-order chi connectivity index (χ0) is 22.1. The molecule has 8 nitrogen and oxygen atoms in total. The Hall–Kier alpha value is -2.42. The summed E-state index contributed by atoms with van der Waals surface area (Å²) in [6, 6.07) is 5.92. The lowest BCUT2D eigenvalue weighted by molar-refractivity contribution is 0.0247. The number of rotatable bonds is 14. The summed E-state index contributed by atoms with van der Waals surface area (Å²) in [6.07, 6.45) is 4.20. The van der Waals surface area contributed by atoms with Gasteiger partial charge in [-0.05, 0) is 25.0 Å². The molecule has 0 aliphatic rings. The van der Waals surface area contributed by atoms with E-state index < -0.39 is 0 Å². The number of nitrogen functional groups attached to an aromatic ring is 1. The number of fused-ring (bicyclic) bond motifs is 3. The van der Waals surface area contributed by atoms with Gasteiger partial charge >= 0.3 is 0 Å². The van der Waals surface area contributed by atoms with Crippen molar-refractivity contribution in [2.24, 2.45) is 0 Å². The number of ether oxygens (including phenoxy) is 3. The van der Waals surface area contributed by atoms with Crippen LogP contribution in [0.5, 0.6) is 5.75 Å². The summed E-state index contributed by atoms with van der Waals surface area (Å²) in [7, 11) is 0. The predicted octanol–water partition coefficient (Wildman–Crippen LogP) is 3.32. The Balaban J connectivity index is 1.75. The van der Waals surface area contributed by atoms with Crippen LogP contribution in [0.3, 0.4) is 0 Å². The van der Waals surface area contributed by atoms with E-state index in [1.807, 2.05) is 18.2 Å². The summed E-state index contributed by atoms with van der Waals surface area (Å²) in [5.74, 6) is 2.27. The van der Waals surface area contributed by atoms with Gasteiger partial charge in [-0.25, -0.2) is 9.97 Å². The van der Waals surface area contributed by atoms with Crippen molar-refractivity contribution >= 4 is 27.8 Å². The highest BCUT2D eigenvalue weighted by Gasteiger charge is 2.17. The Labute approximate surface area is 183 Å². The number of aliphatic hydroxyl groups excluding tert-OH is 1. The first kappa shape index (κ1) is 23.2. The maximum absolute atomic E-state index is 8.66. The Bertz CT molecular complexity index is 973. The van der Waals surface area contributed by atoms with Crippen LogP contribution in [-0.4, -0.2) is 59.3 Å². The molecule has 0 spiro atoms. The zero-order valence-electron chi connectivity index (χ0n) is 18.6. The van der Waals surface area contributed by atoms with Crippen molar-refractivity contribution in [2.45, 2.75) is 46.1 Å². The van der Waals surface area contributed by atoms with Crippen LogP contribution < -0.4 is 10.5 Å². The molecule has 0 aliphatic heterocycles. The van der Waals surface area contributed by atoms with E-state index in [0.717, 1.165) is 65.7 Å². The minimum absolute atomic E-state index is 0.0230. The molecule has 31 heavy (non-hydrogen) atoms. The van der Waals surface area contributed by atoms with Crippen molar-refractivity contribution in [3.05, 3.63) is 24.0 Å². The number of unbranched alkanes of at least 4 members (excludes halogenated alkanes) is 1. The number of aromatic nitrogens is 3. The molecule has 2 heterocycles. The predicted molar refractivity (Wildman–Crippen MR) is 123 cm³/mol. The SMILES string of the molecule is CCCCc1nc2c(N)nc3cc(OCCOCCOCCO)ccc3c2n1CCC. The molecule has 0 unspecified atom stereocenters. The van der Waals surface area contributed by atoms with Gasteiger partial charge in [-0.2, -0.15) is 0 Å². The molecule has 2 aromatic heterocycles.